The number of carbonyl (C=O) groups excluding carboxylic acids is 2. The number of anilines is 1. The SMILES string of the molecule is CC(=O)N[C@@H](CC(=O)Nc1cc(Cl)ccc1F)c1ccccc1. The van der Waals surface area contributed by atoms with E-state index in [1.54, 1.807) is 0 Å². The van der Waals surface area contributed by atoms with E-state index < -0.39 is 17.8 Å². The van der Waals surface area contributed by atoms with Crippen LogP contribution in [-0.4, -0.2) is 11.8 Å². The Labute approximate surface area is 138 Å². The van der Waals surface area contributed by atoms with Gasteiger partial charge in [0.15, 0.2) is 0 Å². The lowest BCUT2D eigenvalue weighted by Gasteiger charge is -2.18. The van der Waals surface area contributed by atoms with Gasteiger partial charge in [0, 0.05) is 11.9 Å². The Kier molecular flexibility index (Phi) is 5.71. The van der Waals surface area contributed by atoms with Crippen molar-refractivity contribution in [2.24, 2.45) is 0 Å². The van der Waals surface area contributed by atoms with Gasteiger partial charge < -0.3 is 10.6 Å². The van der Waals surface area contributed by atoms with E-state index in [9.17, 15) is 14.0 Å². The number of halogens is 2. The maximum Gasteiger partial charge on any atom is 0.226 e. The Morgan fingerprint density at radius 2 is 1.87 bits per heavy atom. The van der Waals surface area contributed by atoms with Gasteiger partial charge in [0.25, 0.3) is 0 Å². The summed E-state index contributed by atoms with van der Waals surface area (Å²) in [5, 5.41) is 5.52. The van der Waals surface area contributed by atoms with Crippen molar-refractivity contribution in [1.29, 1.82) is 0 Å². The lowest BCUT2D eigenvalue weighted by atomic mass is 10.0. The standard InChI is InChI=1S/C17H16ClFN2O2/c1-11(22)20-15(12-5-3-2-4-6-12)10-17(23)21-16-9-13(18)7-8-14(16)19/h2-9,15H,10H2,1H3,(H,20,22)(H,21,23)/t15-/m0/s1. The van der Waals surface area contributed by atoms with Crippen molar-refractivity contribution in [1.82, 2.24) is 5.32 Å². The first-order chi connectivity index (χ1) is 11.0. The fourth-order valence-corrected chi connectivity index (χ4v) is 2.33. The van der Waals surface area contributed by atoms with Crippen LogP contribution in [0.2, 0.25) is 5.02 Å². The molecular formula is C17H16ClFN2O2. The molecule has 120 valence electrons. The number of hydrogen-bond acceptors (Lipinski definition) is 2. The third-order valence-electron chi connectivity index (χ3n) is 3.17. The van der Waals surface area contributed by atoms with Crippen molar-refractivity contribution in [3.63, 3.8) is 0 Å². The Morgan fingerprint density at radius 1 is 1.17 bits per heavy atom. The smallest absolute Gasteiger partial charge is 0.226 e. The van der Waals surface area contributed by atoms with E-state index in [2.05, 4.69) is 10.6 Å². The van der Waals surface area contributed by atoms with E-state index in [1.165, 1.54) is 25.1 Å². The highest BCUT2D eigenvalue weighted by Crippen LogP contribution is 2.22. The van der Waals surface area contributed by atoms with Crippen LogP contribution in [0.1, 0.15) is 24.9 Å². The number of benzene rings is 2. The summed E-state index contributed by atoms with van der Waals surface area (Å²) in [6, 6.07) is 12.5. The topological polar surface area (TPSA) is 58.2 Å². The zero-order chi connectivity index (χ0) is 16.8. The molecule has 0 radical (unpaired) electrons. The monoisotopic (exact) mass is 334 g/mol. The van der Waals surface area contributed by atoms with Crippen molar-refractivity contribution in [3.8, 4) is 0 Å². The second-order valence-corrected chi connectivity index (χ2v) is 5.48. The van der Waals surface area contributed by atoms with Gasteiger partial charge in [-0.25, -0.2) is 4.39 Å². The van der Waals surface area contributed by atoms with Crippen LogP contribution in [0.5, 0.6) is 0 Å². The fourth-order valence-electron chi connectivity index (χ4n) is 2.16. The van der Waals surface area contributed by atoms with Crippen LogP contribution >= 0.6 is 11.6 Å². The summed E-state index contributed by atoms with van der Waals surface area (Å²) in [6.07, 6.45) is -0.0183. The average molecular weight is 335 g/mol. The summed E-state index contributed by atoms with van der Waals surface area (Å²) in [7, 11) is 0. The van der Waals surface area contributed by atoms with Crippen molar-refractivity contribution in [2.75, 3.05) is 5.32 Å². The van der Waals surface area contributed by atoms with Gasteiger partial charge in [-0.2, -0.15) is 0 Å². The lowest BCUT2D eigenvalue weighted by molar-refractivity contribution is -0.120. The van der Waals surface area contributed by atoms with Gasteiger partial charge >= 0.3 is 0 Å². The maximum atomic E-state index is 13.7. The second-order valence-electron chi connectivity index (χ2n) is 5.04. The van der Waals surface area contributed by atoms with Crippen LogP contribution in [-0.2, 0) is 9.59 Å². The van der Waals surface area contributed by atoms with Gasteiger partial charge in [0.1, 0.15) is 5.82 Å². The molecule has 0 aliphatic heterocycles. The Hall–Kier alpha value is -2.40. The van der Waals surface area contributed by atoms with Gasteiger partial charge in [-0.15, -0.1) is 0 Å². The second kappa shape index (κ2) is 7.74. The molecule has 6 heteroatoms. The number of nitrogens with one attached hydrogen (secondary N) is 2. The quantitative estimate of drug-likeness (QED) is 0.876. The van der Waals surface area contributed by atoms with Crippen molar-refractivity contribution in [2.45, 2.75) is 19.4 Å². The molecule has 2 rings (SSSR count). The molecule has 23 heavy (non-hydrogen) atoms. The molecule has 0 heterocycles. The van der Waals surface area contributed by atoms with E-state index in [-0.39, 0.29) is 18.0 Å². The lowest BCUT2D eigenvalue weighted by Crippen LogP contribution is -2.29. The minimum absolute atomic E-state index is 0.0112. The molecule has 0 spiro atoms. The van der Waals surface area contributed by atoms with Gasteiger partial charge in [0.05, 0.1) is 18.2 Å². The summed E-state index contributed by atoms with van der Waals surface area (Å²) in [6.45, 7) is 1.38. The molecule has 0 unspecified atom stereocenters. The third kappa shape index (κ3) is 5.07. The highest BCUT2D eigenvalue weighted by atomic mass is 35.5. The van der Waals surface area contributed by atoms with Crippen molar-refractivity contribution in [3.05, 3.63) is 64.9 Å². The summed E-state index contributed by atoms with van der Waals surface area (Å²) in [5.41, 5.74) is 0.807. The predicted octanol–water partition coefficient (Wildman–Crippen LogP) is 3.69. The molecular weight excluding hydrogens is 319 g/mol. The highest BCUT2D eigenvalue weighted by molar-refractivity contribution is 6.30. The van der Waals surface area contributed by atoms with Gasteiger partial charge in [-0.1, -0.05) is 41.9 Å². The molecule has 0 aliphatic rings. The zero-order valence-corrected chi connectivity index (χ0v) is 13.2. The molecule has 0 bridgehead atoms. The molecule has 2 aromatic rings. The molecule has 2 N–H and O–H groups in total. The first-order valence-electron chi connectivity index (χ1n) is 7.02. The van der Waals surface area contributed by atoms with Gasteiger partial charge in [0.2, 0.25) is 11.8 Å². The Bertz CT molecular complexity index is 707. The van der Waals surface area contributed by atoms with E-state index in [0.717, 1.165) is 5.56 Å². The number of amides is 2. The molecule has 0 fully saturated rings. The number of carbonyl (C=O) groups is 2. The fraction of sp³-hybridized carbons (Fsp3) is 0.176. The molecule has 1 atom stereocenters. The number of hydrogen-bond donors (Lipinski definition) is 2. The average Bonchev–Trinajstić information content (AvgIpc) is 2.51. The largest absolute Gasteiger partial charge is 0.349 e. The van der Waals surface area contributed by atoms with Gasteiger partial charge in [-0.05, 0) is 23.8 Å². The van der Waals surface area contributed by atoms with Crippen LogP contribution < -0.4 is 10.6 Å². The molecule has 0 saturated carbocycles. The van der Waals surface area contributed by atoms with Crippen LogP contribution in [0.3, 0.4) is 0 Å². The maximum absolute atomic E-state index is 13.7. The minimum atomic E-state index is -0.571. The van der Waals surface area contributed by atoms with Crippen LogP contribution in [0, 0.1) is 5.82 Å². The first-order valence-corrected chi connectivity index (χ1v) is 7.40. The van der Waals surface area contributed by atoms with Gasteiger partial charge in [-0.3, -0.25) is 9.59 Å². The molecule has 2 aromatic carbocycles. The molecule has 2 amide bonds. The normalized spacial score (nSPS) is 11.6. The molecule has 0 saturated heterocycles. The van der Waals surface area contributed by atoms with Crippen molar-refractivity contribution < 1.29 is 14.0 Å². The summed E-state index contributed by atoms with van der Waals surface area (Å²) in [5.74, 6) is -1.24. The van der Waals surface area contributed by atoms with E-state index >= 15 is 0 Å². The molecule has 0 aromatic heterocycles. The third-order valence-corrected chi connectivity index (χ3v) is 3.41. The first kappa shape index (κ1) is 17.0. The number of rotatable bonds is 5. The van der Waals surface area contributed by atoms with Crippen LogP contribution in [0.15, 0.2) is 48.5 Å². The minimum Gasteiger partial charge on any atom is -0.349 e. The van der Waals surface area contributed by atoms with E-state index in [0.29, 0.717) is 5.02 Å². The summed E-state index contributed by atoms with van der Waals surface area (Å²) < 4.78 is 13.7. The molecule has 0 aliphatic carbocycles. The van der Waals surface area contributed by atoms with E-state index in [4.69, 9.17) is 11.6 Å². The Balaban J connectivity index is 2.11. The summed E-state index contributed by atoms with van der Waals surface area (Å²) >= 11 is 5.80. The zero-order valence-electron chi connectivity index (χ0n) is 12.5. The predicted molar refractivity (Wildman–Crippen MR) is 87.7 cm³/mol. The Morgan fingerprint density at radius 3 is 2.52 bits per heavy atom. The van der Waals surface area contributed by atoms with Crippen molar-refractivity contribution >= 4 is 29.1 Å². The van der Waals surface area contributed by atoms with E-state index in [1.807, 2.05) is 30.3 Å². The summed E-state index contributed by atoms with van der Waals surface area (Å²) in [4.78, 5) is 23.5. The van der Waals surface area contributed by atoms with Crippen LogP contribution in [0.4, 0.5) is 10.1 Å². The highest BCUT2D eigenvalue weighted by Gasteiger charge is 2.18. The molecule has 4 nitrogen and oxygen atoms in total. The van der Waals surface area contributed by atoms with Crippen LogP contribution in [0.25, 0.3) is 0 Å².